The number of esters is 1. The third-order valence-electron chi connectivity index (χ3n) is 2.32. The Bertz CT molecular complexity index is 489. The van der Waals surface area contributed by atoms with E-state index in [1.54, 1.807) is 6.07 Å². The fourth-order valence-electron chi connectivity index (χ4n) is 1.38. The molecule has 0 bridgehead atoms. The van der Waals surface area contributed by atoms with E-state index >= 15 is 0 Å². The molecule has 1 rings (SSSR count). The average Bonchev–Trinajstić information content (AvgIpc) is 2.43. The lowest BCUT2D eigenvalue weighted by atomic mass is 10.1. The van der Waals surface area contributed by atoms with Gasteiger partial charge < -0.3 is 19.5 Å². The third-order valence-corrected chi connectivity index (χ3v) is 2.91. The second-order valence-corrected chi connectivity index (χ2v) is 4.30. The van der Waals surface area contributed by atoms with Gasteiger partial charge in [0.2, 0.25) is 0 Å². The molecule has 1 amide bonds. The van der Waals surface area contributed by atoms with Crippen molar-refractivity contribution in [2.24, 2.45) is 0 Å². The Kier molecular flexibility index (Phi) is 5.62. The van der Waals surface area contributed by atoms with E-state index in [0.717, 1.165) is 0 Å². The van der Waals surface area contributed by atoms with Gasteiger partial charge in [-0.15, -0.1) is 0 Å². The van der Waals surface area contributed by atoms with Crippen LogP contribution in [0.5, 0.6) is 11.5 Å². The van der Waals surface area contributed by atoms with Crippen LogP contribution >= 0.6 is 15.9 Å². The van der Waals surface area contributed by atoms with Crippen LogP contribution in [0.3, 0.4) is 0 Å². The van der Waals surface area contributed by atoms with Gasteiger partial charge in [0.25, 0.3) is 5.91 Å². The van der Waals surface area contributed by atoms with Gasteiger partial charge in [-0.05, 0) is 28.1 Å². The lowest BCUT2D eigenvalue weighted by Crippen LogP contribution is -2.30. The van der Waals surface area contributed by atoms with Gasteiger partial charge >= 0.3 is 5.97 Å². The monoisotopic (exact) mass is 331 g/mol. The number of ether oxygens (including phenoxy) is 3. The molecule has 1 aromatic carbocycles. The van der Waals surface area contributed by atoms with Crippen molar-refractivity contribution in [2.45, 2.75) is 0 Å². The highest BCUT2D eigenvalue weighted by Crippen LogP contribution is 2.33. The van der Waals surface area contributed by atoms with Crippen LogP contribution in [-0.4, -0.2) is 39.8 Å². The fourth-order valence-corrected chi connectivity index (χ4v) is 1.98. The van der Waals surface area contributed by atoms with Crippen molar-refractivity contribution in [1.82, 2.24) is 5.32 Å². The van der Waals surface area contributed by atoms with Gasteiger partial charge in [-0.25, -0.2) is 0 Å². The SMILES string of the molecule is COC(=O)CNC(=O)c1cc(OC)cc(Br)c1OC. The molecule has 0 atom stereocenters. The minimum Gasteiger partial charge on any atom is -0.497 e. The summed E-state index contributed by atoms with van der Waals surface area (Å²) in [7, 11) is 4.19. The summed E-state index contributed by atoms with van der Waals surface area (Å²) in [6, 6.07) is 3.20. The molecule has 1 aromatic rings. The number of methoxy groups -OCH3 is 3. The van der Waals surface area contributed by atoms with E-state index in [0.29, 0.717) is 16.0 Å². The van der Waals surface area contributed by atoms with Crippen LogP contribution in [0.2, 0.25) is 0 Å². The molecule has 0 aliphatic heterocycles. The Labute approximate surface area is 119 Å². The van der Waals surface area contributed by atoms with E-state index in [1.165, 1.54) is 27.4 Å². The highest BCUT2D eigenvalue weighted by atomic mass is 79.9. The molecule has 0 spiro atoms. The summed E-state index contributed by atoms with van der Waals surface area (Å²) in [5.74, 6) is -0.129. The largest absolute Gasteiger partial charge is 0.497 e. The quantitative estimate of drug-likeness (QED) is 0.825. The molecule has 0 saturated carbocycles. The van der Waals surface area contributed by atoms with Crippen LogP contribution in [0.4, 0.5) is 0 Å². The predicted octanol–water partition coefficient (Wildman–Crippen LogP) is 1.37. The number of nitrogens with one attached hydrogen (secondary N) is 1. The van der Waals surface area contributed by atoms with Gasteiger partial charge in [-0.2, -0.15) is 0 Å². The molecule has 0 unspecified atom stereocenters. The van der Waals surface area contributed by atoms with Crippen molar-refractivity contribution in [3.63, 3.8) is 0 Å². The summed E-state index contributed by atoms with van der Waals surface area (Å²) in [4.78, 5) is 23.0. The minimum absolute atomic E-state index is 0.215. The fraction of sp³-hybridized carbons (Fsp3) is 0.333. The molecular formula is C12H14BrNO5. The summed E-state index contributed by atoms with van der Waals surface area (Å²) in [6.45, 7) is -0.215. The average molecular weight is 332 g/mol. The number of hydrogen-bond acceptors (Lipinski definition) is 5. The molecule has 7 heteroatoms. The highest BCUT2D eigenvalue weighted by Gasteiger charge is 2.17. The molecule has 0 aliphatic rings. The molecule has 19 heavy (non-hydrogen) atoms. The summed E-state index contributed by atoms with van der Waals surface area (Å²) < 4.78 is 15.2. The molecule has 6 nitrogen and oxygen atoms in total. The van der Waals surface area contributed by atoms with E-state index in [4.69, 9.17) is 9.47 Å². The Hall–Kier alpha value is -1.76. The first-order chi connectivity index (χ1) is 9.03. The number of carbonyl (C=O) groups is 2. The van der Waals surface area contributed by atoms with Crippen LogP contribution in [0.1, 0.15) is 10.4 Å². The van der Waals surface area contributed by atoms with Gasteiger partial charge in [0.15, 0.2) is 0 Å². The predicted molar refractivity (Wildman–Crippen MR) is 71.6 cm³/mol. The first kappa shape index (κ1) is 15.3. The van der Waals surface area contributed by atoms with Crippen molar-refractivity contribution in [1.29, 1.82) is 0 Å². The van der Waals surface area contributed by atoms with Crippen molar-refractivity contribution in [3.05, 3.63) is 22.2 Å². The standard InChI is InChI=1S/C12H14BrNO5/c1-17-7-4-8(11(19-3)9(13)5-7)12(16)14-6-10(15)18-2/h4-5H,6H2,1-3H3,(H,14,16). The van der Waals surface area contributed by atoms with Crippen LogP contribution in [0.15, 0.2) is 16.6 Å². The minimum atomic E-state index is -0.533. The van der Waals surface area contributed by atoms with Gasteiger partial charge in [0, 0.05) is 0 Å². The topological polar surface area (TPSA) is 73.9 Å². The van der Waals surface area contributed by atoms with Crippen molar-refractivity contribution >= 4 is 27.8 Å². The van der Waals surface area contributed by atoms with Gasteiger partial charge in [-0.3, -0.25) is 9.59 Å². The number of benzene rings is 1. The second-order valence-electron chi connectivity index (χ2n) is 3.45. The molecule has 1 N–H and O–H groups in total. The maximum atomic E-state index is 12.0. The van der Waals surface area contributed by atoms with E-state index in [1.807, 2.05) is 0 Å². The molecule has 0 saturated heterocycles. The third kappa shape index (κ3) is 3.85. The summed E-state index contributed by atoms with van der Waals surface area (Å²) in [6.07, 6.45) is 0. The van der Waals surface area contributed by atoms with Crippen LogP contribution in [-0.2, 0) is 9.53 Å². The van der Waals surface area contributed by atoms with Crippen LogP contribution in [0, 0.1) is 0 Å². The number of halogens is 1. The smallest absolute Gasteiger partial charge is 0.325 e. The second kappa shape index (κ2) is 6.98. The zero-order valence-electron chi connectivity index (χ0n) is 10.8. The summed E-state index contributed by atoms with van der Waals surface area (Å²) in [5, 5.41) is 2.43. The van der Waals surface area contributed by atoms with Crippen LogP contribution in [0.25, 0.3) is 0 Å². The number of hydrogen-bond donors (Lipinski definition) is 1. The Morgan fingerprint density at radius 3 is 2.42 bits per heavy atom. The summed E-state index contributed by atoms with van der Waals surface area (Å²) in [5.41, 5.74) is 0.262. The normalized spacial score (nSPS) is 9.68. The van der Waals surface area contributed by atoms with E-state index in [2.05, 4.69) is 26.0 Å². The lowest BCUT2D eigenvalue weighted by molar-refractivity contribution is -0.139. The maximum Gasteiger partial charge on any atom is 0.325 e. The van der Waals surface area contributed by atoms with E-state index in [-0.39, 0.29) is 12.1 Å². The van der Waals surface area contributed by atoms with E-state index in [9.17, 15) is 9.59 Å². The lowest BCUT2D eigenvalue weighted by Gasteiger charge is -2.12. The van der Waals surface area contributed by atoms with Gasteiger partial charge in [0.05, 0.1) is 31.4 Å². The van der Waals surface area contributed by atoms with Crippen molar-refractivity contribution < 1.29 is 23.8 Å². The molecule has 0 radical (unpaired) electrons. The van der Waals surface area contributed by atoms with Crippen molar-refractivity contribution in [3.8, 4) is 11.5 Å². The maximum absolute atomic E-state index is 12.0. The Balaban J connectivity index is 3.00. The van der Waals surface area contributed by atoms with Crippen LogP contribution < -0.4 is 14.8 Å². The number of amides is 1. The summed E-state index contributed by atoms with van der Waals surface area (Å²) >= 11 is 3.28. The molecule has 0 heterocycles. The zero-order chi connectivity index (χ0) is 14.4. The Morgan fingerprint density at radius 1 is 1.21 bits per heavy atom. The molecular weight excluding hydrogens is 318 g/mol. The number of carbonyl (C=O) groups excluding carboxylic acids is 2. The first-order valence-corrected chi connectivity index (χ1v) is 6.09. The molecule has 0 fully saturated rings. The molecule has 104 valence electrons. The van der Waals surface area contributed by atoms with Gasteiger partial charge in [-0.1, -0.05) is 0 Å². The van der Waals surface area contributed by atoms with E-state index < -0.39 is 11.9 Å². The Morgan fingerprint density at radius 2 is 1.89 bits per heavy atom. The van der Waals surface area contributed by atoms with Crippen molar-refractivity contribution in [2.75, 3.05) is 27.9 Å². The molecule has 0 aromatic heterocycles. The van der Waals surface area contributed by atoms with Gasteiger partial charge in [0.1, 0.15) is 18.0 Å². The zero-order valence-corrected chi connectivity index (χ0v) is 12.4. The number of rotatable bonds is 5. The first-order valence-electron chi connectivity index (χ1n) is 5.30. The molecule has 0 aliphatic carbocycles. The highest BCUT2D eigenvalue weighted by molar-refractivity contribution is 9.10.